The number of nitrogens with zero attached hydrogens (tertiary/aromatic N) is 1. The van der Waals surface area contributed by atoms with Crippen LogP contribution in [0.15, 0.2) is 24.5 Å². The number of halogens is 1. The molecule has 0 saturated heterocycles. The van der Waals surface area contributed by atoms with E-state index in [1.165, 1.54) is 44.1 Å². The van der Waals surface area contributed by atoms with Crippen LogP contribution >= 0.6 is 11.6 Å². The van der Waals surface area contributed by atoms with Gasteiger partial charge < -0.3 is 0 Å². The van der Waals surface area contributed by atoms with Gasteiger partial charge in [0, 0.05) is 17.8 Å². The second kappa shape index (κ2) is 4.47. The molecule has 1 aromatic heterocycles. The number of alkyl halides is 1. The number of aromatic nitrogens is 1. The zero-order valence-corrected chi connectivity index (χ0v) is 13.1. The Labute approximate surface area is 127 Å². The molecule has 4 fully saturated rings. The van der Waals surface area contributed by atoms with Gasteiger partial charge in [0.05, 0.1) is 0 Å². The van der Waals surface area contributed by atoms with Gasteiger partial charge in [-0.25, -0.2) is 0 Å². The molecule has 0 amide bonds. The number of hydrogen-bond donors (Lipinski definition) is 0. The van der Waals surface area contributed by atoms with Crippen molar-refractivity contribution in [2.24, 2.45) is 22.7 Å². The summed E-state index contributed by atoms with van der Waals surface area (Å²) in [6, 6.07) is 4.25. The van der Waals surface area contributed by atoms with Crippen molar-refractivity contribution in [3.05, 3.63) is 30.1 Å². The van der Waals surface area contributed by atoms with E-state index < -0.39 is 0 Å². The molecule has 0 spiro atoms. The highest BCUT2D eigenvalue weighted by atomic mass is 35.5. The predicted octanol–water partition coefficient (Wildman–Crippen LogP) is 4.84. The Balaban J connectivity index is 1.58. The molecular weight excluding hydrogens is 266 g/mol. The second-order valence-electron chi connectivity index (χ2n) is 8.16. The fraction of sp³-hybridized carbons (Fsp3) is 0.722. The average Bonchev–Trinajstić information content (AvgIpc) is 2.37. The van der Waals surface area contributed by atoms with Crippen molar-refractivity contribution < 1.29 is 0 Å². The Morgan fingerprint density at radius 2 is 1.85 bits per heavy atom. The molecule has 0 aliphatic heterocycles. The van der Waals surface area contributed by atoms with E-state index in [-0.39, 0.29) is 0 Å². The van der Waals surface area contributed by atoms with E-state index in [0.29, 0.717) is 16.2 Å². The van der Waals surface area contributed by atoms with E-state index in [4.69, 9.17) is 11.6 Å². The van der Waals surface area contributed by atoms with Gasteiger partial charge in [-0.2, -0.15) is 0 Å². The molecule has 3 atom stereocenters. The minimum absolute atomic E-state index is 0.301. The highest BCUT2D eigenvalue weighted by Gasteiger charge is 2.57. The van der Waals surface area contributed by atoms with Crippen molar-refractivity contribution in [1.82, 2.24) is 4.98 Å². The molecule has 20 heavy (non-hydrogen) atoms. The van der Waals surface area contributed by atoms with Gasteiger partial charge in [-0.15, -0.1) is 11.6 Å². The Bertz CT molecular complexity index is 483. The largest absolute Gasteiger partial charge is 0.265 e. The molecule has 3 unspecified atom stereocenters. The lowest BCUT2D eigenvalue weighted by molar-refractivity contribution is -0.103. The normalized spacial score (nSPS) is 43.7. The Hall–Kier alpha value is -0.560. The van der Waals surface area contributed by atoms with Crippen LogP contribution in [0.4, 0.5) is 0 Å². The first-order valence-electron chi connectivity index (χ1n) is 8.10. The molecule has 4 aliphatic rings. The molecule has 0 aromatic carbocycles. The van der Waals surface area contributed by atoms with E-state index in [2.05, 4.69) is 24.0 Å². The summed E-state index contributed by atoms with van der Waals surface area (Å²) in [5.41, 5.74) is 2.36. The van der Waals surface area contributed by atoms with E-state index in [1.54, 1.807) is 0 Å². The predicted molar refractivity (Wildman–Crippen MR) is 82.8 cm³/mol. The first kappa shape index (κ1) is 13.1. The smallest absolute Gasteiger partial charge is 0.0433 e. The van der Waals surface area contributed by atoms with E-state index >= 15 is 0 Å². The van der Waals surface area contributed by atoms with Gasteiger partial charge in [0.1, 0.15) is 0 Å². The summed E-state index contributed by atoms with van der Waals surface area (Å²) in [7, 11) is 0. The molecule has 108 valence electrons. The fourth-order valence-electron chi connectivity index (χ4n) is 6.11. The summed E-state index contributed by atoms with van der Waals surface area (Å²) in [6.45, 7) is 2.52. The van der Waals surface area contributed by atoms with Crippen molar-refractivity contribution in [3.63, 3.8) is 0 Å². The minimum Gasteiger partial charge on any atom is -0.265 e. The van der Waals surface area contributed by atoms with Crippen molar-refractivity contribution in [2.75, 3.05) is 0 Å². The molecular formula is C18H24ClN. The third kappa shape index (κ3) is 2.09. The van der Waals surface area contributed by atoms with Crippen molar-refractivity contribution in [2.45, 2.75) is 57.2 Å². The van der Waals surface area contributed by atoms with E-state index in [1.807, 2.05) is 12.4 Å². The summed E-state index contributed by atoms with van der Waals surface area (Å²) < 4.78 is 0. The van der Waals surface area contributed by atoms with Gasteiger partial charge >= 0.3 is 0 Å². The van der Waals surface area contributed by atoms with E-state index in [9.17, 15) is 0 Å². The van der Waals surface area contributed by atoms with Crippen LogP contribution in [0.1, 0.15) is 51.0 Å². The average molecular weight is 290 g/mol. The lowest BCUT2D eigenvalue weighted by Gasteiger charge is -2.62. The summed E-state index contributed by atoms with van der Waals surface area (Å²) >= 11 is 6.98. The lowest BCUT2D eigenvalue weighted by atomic mass is 9.44. The Morgan fingerprint density at radius 1 is 1.20 bits per heavy atom. The van der Waals surface area contributed by atoms with Gasteiger partial charge in [0.25, 0.3) is 0 Å². The zero-order chi connectivity index (χ0) is 13.8. The highest BCUT2D eigenvalue weighted by molar-refractivity contribution is 6.21. The third-order valence-corrected chi connectivity index (χ3v) is 6.84. The second-order valence-corrected chi connectivity index (χ2v) is 8.69. The maximum atomic E-state index is 6.98. The maximum absolute atomic E-state index is 6.98. The summed E-state index contributed by atoms with van der Waals surface area (Å²) in [4.78, 5) is 4.11. The molecule has 4 bridgehead atoms. The summed E-state index contributed by atoms with van der Waals surface area (Å²) in [6.07, 6.45) is 13.3. The van der Waals surface area contributed by atoms with Gasteiger partial charge in [-0.3, -0.25) is 4.98 Å². The summed E-state index contributed by atoms with van der Waals surface area (Å²) in [5.74, 6) is 1.92. The van der Waals surface area contributed by atoms with Crippen LogP contribution < -0.4 is 0 Å². The maximum Gasteiger partial charge on any atom is 0.0433 e. The molecule has 2 heteroatoms. The fourth-order valence-corrected chi connectivity index (χ4v) is 6.54. The van der Waals surface area contributed by atoms with Crippen LogP contribution in [0.25, 0.3) is 0 Å². The standard InChI is InChI=1S/C18H24ClN/c1-17-8-14-6-15(9-17)11-18(10-14,12-17)16(19)7-13-2-4-20-5-3-13/h2-5,14-16H,6-12H2,1H3. The number of hydrogen-bond acceptors (Lipinski definition) is 1. The van der Waals surface area contributed by atoms with Crippen molar-refractivity contribution in [3.8, 4) is 0 Å². The Morgan fingerprint density at radius 3 is 2.45 bits per heavy atom. The topological polar surface area (TPSA) is 12.9 Å². The van der Waals surface area contributed by atoms with Crippen LogP contribution in [0.3, 0.4) is 0 Å². The molecule has 0 radical (unpaired) electrons. The highest BCUT2D eigenvalue weighted by Crippen LogP contribution is 2.67. The SMILES string of the molecule is CC12CC3CC(C1)CC(C(Cl)Cc1ccncc1)(C3)C2. The third-order valence-electron chi connectivity index (χ3n) is 6.23. The van der Waals surface area contributed by atoms with Crippen molar-refractivity contribution >= 4 is 11.6 Å². The van der Waals surface area contributed by atoms with Crippen LogP contribution in [-0.4, -0.2) is 10.4 Å². The molecule has 4 aliphatic carbocycles. The van der Waals surface area contributed by atoms with Crippen LogP contribution in [0.5, 0.6) is 0 Å². The molecule has 1 heterocycles. The van der Waals surface area contributed by atoms with Crippen LogP contribution in [0.2, 0.25) is 0 Å². The first-order chi connectivity index (χ1) is 9.57. The molecule has 1 nitrogen and oxygen atoms in total. The number of rotatable bonds is 3. The van der Waals surface area contributed by atoms with Gasteiger partial charge in [-0.05, 0) is 85.3 Å². The molecule has 0 N–H and O–H groups in total. The van der Waals surface area contributed by atoms with Crippen LogP contribution in [-0.2, 0) is 6.42 Å². The van der Waals surface area contributed by atoms with Crippen LogP contribution in [0, 0.1) is 22.7 Å². The number of pyridine rings is 1. The summed E-state index contributed by atoms with van der Waals surface area (Å²) in [5, 5.41) is 0.301. The first-order valence-corrected chi connectivity index (χ1v) is 8.54. The molecule has 4 saturated carbocycles. The molecule has 1 aromatic rings. The van der Waals surface area contributed by atoms with Gasteiger partial charge in [0.2, 0.25) is 0 Å². The minimum atomic E-state index is 0.301. The zero-order valence-electron chi connectivity index (χ0n) is 12.3. The van der Waals surface area contributed by atoms with Gasteiger partial charge in [-0.1, -0.05) is 6.92 Å². The van der Waals surface area contributed by atoms with E-state index in [0.717, 1.165) is 18.3 Å². The molecule has 5 rings (SSSR count). The lowest BCUT2D eigenvalue weighted by Crippen LogP contribution is -2.54. The Kier molecular flexibility index (Phi) is 2.93. The quantitative estimate of drug-likeness (QED) is 0.726. The monoisotopic (exact) mass is 289 g/mol. The van der Waals surface area contributed by atoms with Crippen molar-refractivity contribution in [1.29, 1.82) is 0 Å². The van der Waals surface area contributed by atoms with Gasteiger partial charge in [0.15, 0.2) is 0 Å².